The van der Waals surface area contributed by atoms with Crippen LogP contribution in [0.5, 0.6) is 0 Å². The Hall–Kier alpha value is -2.22. The van der Waals surface area contributed by atoms with E-state index >= 15 is 0 Å². The van der Waals surface area contributed by atoms with Crippen LogP contribution in [0.25, 0.3) is 0 Å². The molecule has 0 spiro atoms. The first kappa shape index (κ1) is 21.8. The van der Waals surface area contributed by atoms with Gasteiger partial charge in [0.15, 0.2) is 11.6 Å². The summed E-state index contributed by atoms with van der Waals surface area (Å²) in [7, 11) is 0. The maximum Gasteiger partial charge on any atom is 0.277 e. The highest BCUT2D eigenvalue weighted by atomic mass is 35.5. The summed E-state index contributed by atoms with van der Waals surface area (Å²) in [6.07, 6.45) is 0. The minimum Gasteiger partial charge on any atom is -0.394 e. The molecule has 0 unspecified atom stereocenters. The Morgan fingerprint density at radius 3 is 2.54 bits per heavy atom. The molecule has 0 saturated heterocycles. The van der Waals surface area contributed by atoms with Crippen LogP contribution >= 0.6 is 11.6 Å². The van der Waals surface area contributed by atoms with Gasteiger partial charge in [-0.2, -0.15) is 0 Å². The summed E-state index contributed by atoms with van der Waals surface area (Å²) in [5.74, 6) is -3.14. The lowest BCUT2D eigenvalue weighted by molar-refractivity contribution is 0.0168. The average Bonchev–Trinajstić information content (AvgIpc) is 2.63. The Labute approximate surface area is 155 Å². The molecular weight excluding hydrogens is 366 g/mol. The van der Waals surface area contributed by atoms with Crippen LogP contribution in [0, 0.1) is 18.6 Å². The molecule has 0 aliphatic heterocycles. The number of rotatable bonds is 6. The van der Waals surface area contributed by atoms with E-state index < -0.39 is 17.5 Å². The van der Waals surface area contributed by atoms with Gasteiger partial charge in [0.2, 0.25) is 0 Å². The largest absolute Gasteiger partial charge is 0.394 e. The number of carbonyl (C=O) groups is 1. The van der Waals surface area contributed by atoms with Gasteiger partial charge >= 0.3 is 0 Å². The Morgan fingerprint density at radius 1 is 1.23 bits per heavy atom. The molecule has 2 aromatic rings. The molecule has 2 aromatic carbocycles. The first-order chi connectivity index (χ1) is 12.4. The summed E-state index contributed by atoms with van der Waals surface area (Å²) in [6, 6.07) is 6.91. The number of carbonyl (C=O) groups excluding carboxylic acids is 1. The van der Waals surface area contributed by atoms with Crippen LogP contribution in [-0.4, -0.2) is 24.2 Å². The van der Waals surface area contributed by atoms with Gasteiger partial charge < -0.3 is 10.4 Å². The molecule has 8 heteroatoms. The standard InChI is InChI=1S/C16H15ClF2N2O3.C2H6/c1-9-2-5-13(11(17)8-9)20-15-10(3-4-12(18)14(15)19)16(23)21-24-7-6-22;1-2/h2-5,8,20,22H,6-7H2,1H3,(H,21,23);1-2H3. The highest BCUT2D eigenvalue weighted by molar-refractivity contribution is 6.33. The fourth-order valence-electron chi connectivity index (χ4n) is 1.94. The molecule has 142 valence electrons. The molecule has 0 saturated carbocycles. The fourth-order valence-corrected chi connectivity index (χ4v) is 2.22. The van der Waals surface area contributed by atoms with Crippen molar-refractivity contribution in [1.29, 1.82) is 0 Å². The SMILES string of the molecule is CC.Cc1ccc(Nc2c(C(=O)NOCCO)ccc(F)c2F)c(Cl)c1. The predicted molar refractivity (Wildman–Crippen MR) is 97.7 cm³/mol. The molecular formula is C18H21ClF2N2O3. The smallest absolute Gasteiger partial charge is 0.277 e. The zero-order chi connectivity index (χ0) is 19.7. The van der Waals surface area contributed by atoms with Crippen LogP contribution in [0.2, 0.25) is 5.02 Å². The summed E-state index contributed by atoms with van der Waals surface area (Å²) in [5.41, 5.74) is 2.69. The Balaban J connectivity index is 0.00000163. The van der Waals surface area contributed by atoms with Crippen molar-refractivity contribution in [2.24, 2.45) is 0 Å². The van der Waals surface area contributed by atoms with E-state index in [1.54, 1.807) is 18.2 Å². The fraction of sp³-hybridized carbons (Fsp3) is 0.278. The number of aliphatic hydroxyl groups is 1. The van der Waals surface area contributed by atoms with E-state index in [2.05, 4.69) is 5.32 Å². The lowest BCUT2D eigenvalue weighted by Crippen LogP contribution is -2.26. The van der Waals surface area contributed by atoms with Crippen molar-refractivity contribution in [3.8, 4) is 0 Å². The number of amides is 1. The second-order valence-corrected chi connectivity index (χ2v) is 5.30. The maximum absolute atomic E-state index is 14.2. The zero-order valence-corrected chi connectivity index (χ0v) is 15.5. The van der Waals surface area contributed by atoms with E-state index in [4.69, 9.17) is 21.5 Å². The summed E-state index contributed by atoms with van der Waals surface area (Å²) in [6.45, 7) is 5.39. The molecule has 0 atom stereocenters. The van der Waals surface area contributed by atoms with Gasteiger partial charge in [0, 0.05) is 0 Å². The van der Waals surface area contributed by atoms with Gasteiger partial charge in [0.25, 0.3) is 5.91 Å². The average molecular weight is 387 g/mol. The van der Waals surface area contributed by atoms with Gasteiger partial charge in [-0.1, -0.05) is 31.5 Å². The minimum atomic E-state index is -1.22. The normalized spacial score (nSPS) is 9.96. The van der Waals surface area contributed by atoms with Gasteiger partial charge in [0.1, 0.15) is 0 Å². The Bertz CT molecular complexity index is 757. The third kappa shape index (κ3) is 5.66. The summed E-state index contributed by atoms with van der Waals surface area (Å²) >= 11 is 6.07. The number of hydrogen-bond acceptors (Lipinski definition) is 4. The van der Waals surface area contributed by atoms with Crippen LogP contribution in [0.4, 0.5) is 20.2 Å². The minimum absolute atomic E-state index is 0.137. The Morgan fingerprint density at radius 2 is 1.92 bits per heavy atom. The van der Waals surface area contributed by atoms with E-state index in [9.17, 15) is 13.6 Å². The first-order valence-corrected chi connectivity index (χ1v) is 8.36. The van der Waals surface area contributed by atoms with Gasteiger partial charge in [-0.15, -0.1) is 0 Å². The van der Waals surface area contributed by atoms with Crippen LogP contribution in [0.3, 0.4) is 0 Å². The molecule has 26 heavy (non-hydrogen) atoms. The Kier molecular flexibility index (Phi) is 8.98. The van der Waals surface area contributed by atoms with Crippen molar-refractivity contribution in [1.82, 2.24) is 5.48 Å². The quantitative estimate of drug-likeness (QED) is 0.510. The number of hydroxylamine groups is 1. The van der Waals surface area contributed by atoms with E-state index in [0.29, 0.717) is 10.7 Å². The van der Waals surface area contributed by atoms with Gasteiger partial charge in [-0.05, 0) is 36.8 Å². The van der Waals surface area contributed by atoms with Gasteiger partial charge in [-0.25, -0.2) is 14.3 Å². The monoisotopic (exact) mass is 386 g/mol. The van der Waals surface area contributed by atoms with E-state index in [1.807, 2.05) is 26.3 Å². The summed E-state index contributed by atoms with van der Waals surface area (Å²) in [4.78, 5) is 16.7. The third-order valence-electron chi connectivity index (χ3n) is 3.08. The number of anilines is 2. The second kappa shape index (κ2) is 10.7. The molecule has 3 N–H and O–H groups in total. The number of aliphatic hydroxyl groups excluding tert-OH is 1. The molecule has 0 aliphatic rings. The second-order valence-electron chi connectivity index (χ2n) is 4.90. The predicted octanol–water partition coefficient (Wildman–Crippen LogP) is 4.35. The van der Waals surface area contributed by atoms with E-state index in [-0.39, 0.29) is 24.5 Å². The molecule has 0 fully saturated rings. The molecule has 1 amide bonds. The van der Waals surface area contributed by atoms with Crippen LogP contribution in [0.15, 0.2) is 30.3 Å². The molecule has 5 nitrogen and oxygen atoms in total. The lowest BCUT2D eigenvalue weighted by atomic mass is 10.1. The van der Waals surface area contributed by atoms with Gasteiger partial charge in [0.05, 0.1) is 35.2 Å². The number of hydrogen-bond donors (Lipinski definition) is 3. The van der Waals surface area contributed by atoms with Crippen LogP contribution < -0.4 is 10.8 Å². The van der Waals surface area contributed by atoms with E-state index in [1.165, 1.54) is 0 Å². The molecule has 0 radical (unpaired) electrons. The summed E-state index contributed by atoms with van der Waals surface area (Å²) < 4.78 is 27.7. The van der Waals surface area contributed by atoms with Crippen molar-refractivity contribution >= 4 is 28.9 Å². The maximum atomic E-state index is 14.2. The van der Waals surface area contributed by atoms with Crippen LogP contribution in [-0.2, 0) is 4.84 Å². The van der Waals surface area contributed by atoms with E-state index in [0.717, 1.165) is 17.7 Å². The molecule has 0 bridgehead atoms. The zero-order valence-electron chi connectivity index (χ0n) is 14.7. The first-order valence-electron chi connectivity index (χ1n) is 7.98. The topological polar surface area (TPSA) is 70.6 Å². The lowest BCUT2D eigenvalue weighted by Gasteiger charge is -2.15. The molecule has 2 rings (SSSR count). The third-order valence-corrected chi connectivity index (χ3v) is 3.39. The van der Waals surface area contributed by atoms with Gasteiger partial charge in [-0.3, -0.25) is 9.63 Å². The molecule has 0 aliphatic carbocycles. The highest BCUT2D eigenvalue weighted by Crippen LogP contribution is 2.30. The van der Waals surface area contributed by atoms with Crippen LogP contribution in [0.1, 0.15) is 29.8 Å². The highest BCUT2D eigenvalue weighted by Gasteiger charge is 2.20. The van der Waals surface area contributed by atoms with Crippen molar-refractivity contribution in [3.63, 3.8) is 0 Å². The molecule has 0 aromatic heterocycles. The molecule has 0 heterocycles. The number of halogens is 3. The van der Waals surface area contributed by atoms with Crippen molar-refractivity contribution in [3.05, 3.63) is 58.1 Å². The number of nitrogens with one attached hydrogen (secondary N) is 2. The number of aryl methyl sites for hydroxylation is 1. The van der Waals surface area contributed by atoms with Crippen molar-refractivity contribution in [2.45, 2.75) is 20.8 Å². The summed E-state index contributed by atoms with van der Waals surface area (Å²) in [5, 5.41) is 11.5. The number of benzene rings is 2. The van der Waals surface area contributed by atoms with Crippen molar-refractivity contribution < 1.29 is 23.5 Å². The van der Waals surface area contributed by atoms with Crippen molar-refractivity contribution in [2.75, 3.05) is 18.5 Å².